The third-order valence-corrected chi connectivity index (χ3v) is 10.8. The van der Waals surface area contributed by atoms with Crippen molar-refractivity contribution in [3.05, 3.63) is 0 Å². The molecule has 32 heavy (non-hydrogen) atoms. The van der Waals surface area contributed by atoms with Crippen LogP contribution in [0.15, 0.2) is 0 Å². The number of nitrogens with one attached hydrogen (secondary N) is 1. The summed E-state index contributed by atoms with van der Waals surface area (Å²) in [6, 6.07) is 0.198. The average Bonchev–Trinajstić information content (AvgIpc) is 3.10. The number of carbonyl (C=O) groups is 2. The van der Waals surface area contributed by atoms with Crippen LogP contribution in [0.2, 0.25) is 0 Å². The van der Waals surface area contributed by atoms with Gasteiger partial charge in [-0.25, -0.2) is 0 Å². The molecule has 0 bridgehead atoms. The lowest BCUT2D eigenvalue weighted by molar-refractivity contribution is -0.167. The second-order valence-corrected chi connectivity index (χ2v) is 12.2. The van der Waals surface area contributed by atoms with Crippen LogP contribution in [0.1, 0.15) is 85.0 Å². The zero-order chi connectivity index (χ0) is 23.3. The van der Waals surface area contributed by atoms with Gasteiger partial charge < -0.3 is 21.9 Å². The topological polar surface area (TPSA) is 118 Å². The van der Waals surface area contributed by atoms with Crippen molar-refractivity contribution < 1.29 is 14.7 Å². The lowest BCUT2D eigenvalue weighted by atomic mass is 9.43. The van der Waals surface area contributed by atoms with Crippen molar-refractivity contribution >= 4 is 11.8 Å². The van der Waals surface area contributed by atoms with Crippen molar-refractivity contribution in [2.45, 2.75) is 97.1 Å². The van der Waals surface area contributed by atoms with Crippen molar-refractivity contribution in [2.24, 2.45) is 57.8 Å². The van der Waals surface area contributed by atoms with Gasteiger partial charge in [-0.2, -0.15) is 0 Å². The molecule has 6 unspecified atom stereocenters. The number of aliphatic hydroxyl groups is 1. The smallest absolute Gasteiger partial charge is 0.233 e. The molecule has 4 aliphatic rings. The van der Waals surface area contributed by atoms with E-state index in [9.17, 15) is 14.7 Å². The van der Waals surface area contributed by atoms with Crippen LogP contribution in [0.3, 0.4) is 0 Å². The number of aliphatic hydroxyl groups excluding tert-OH is 1. The minimum absolute atomic E-state index is 0.0467. The van der Waals surface area contributed by atoms with Crippen molar-refractivity contribution in [2.75, 3.05) is 6.54 Å². The number of carbonyl (C=O) groups excluding carboxylic acids is 2. The summed E-state index contributed by atoms with van der Waals surface area (Å²) in [6.07, 6.45) is 9.94. The zero-order valence-electron chi connectivity index (χ0n) is 20.3. The van der Waals surface area contributed by atoms with Gasteiger partial charge in [0.2, 0.25) is 11.8 Å². The third-order valence-electron chi connectivity index (χ3n) is 10.8. The number of amides is 2. The summed E-state index contributed by atoms with van der Waals surface area (Å²) in [6.45, 7) is 7.31. The summed E-state index contributed by atoms with van der Waals surface area (Å²) in [5, 5.41) is 14.6. The van der Waals surface area contributed by atoms with E-state index in [1.54, 1.807) is 0 Å². The molecule has 4 saturated carbocycles. The molecule has 0 spiro atoms. The molecule has 4 aliphatic carbocycles. The monoisotopic (exact) mass is 447 g/mol. The first-order chi connectivity index (χ1) is 15.1. The fourth-order valence-electron chi connectivity index (χ4n) is 9.19. The van der Waals surface area contributed by atoms with Crippen LogP contribution in [0.4, 0.5) is 0 Å². The van der Waals surface area contributed by atoms with Gasteiger partial charge in [0.05, 0.1) is 12.6 Å². The quantitative estimate of drug-likeness (QED) is 0.500. The van der Waals surface area contributed by atoms with Crippen molar-refractivity contribution in [1.29, 1.82) is 0 Å². The summed E-state index contributed by atoms with van der Waals surface area (Å²) in [5.41, 5.74) is 11.5. The molecule has 0 saturated heterocycles. The maximum Gasteiger partial charge on any atom is 0.233 e. The molecule has 0 aromatic carbocycles. The van der Waals surface area contributed by atoms with Crippen LogP contribution in [0, 0.1) is 46.3 Å². The van der Waals surface area contributed by atoms with E-state index < -0.39 is 0 Å². The fourth-order valence-corrected chi connectivity index (χ4v) is 9.19. The Morgan fingerprint density at radius 2 is 1.75 bits per heavy atom. The van der Waals surface area contributed by atoms with E-state index in [1.165, 1.54) is 25.7 Å². The number of primary amides is 1. The van der Waals surface area contributed by atoms with Gasteiger partial charge in [0.1, 0.15) is 0 Å². The van der Waals surface area contributed by atoms with Gasteiger partial charge in [-0.3, -0.25) is 9.59 Å². The van der Waals surface area contributed by atoms with E-state index >= 15 is 0 Å². The normalized spacial score (nSPS) is 46.5. The molecule has 0 aromatic heterocycles. The van der Waals surface area contributed by atoms with Crippen LogP contribution in [0.25, 0.3) is 0 Å². The molecule has 4 rings (SSSR count). The van der Waals surface area contributed by atoms with Crippen LogP contribution in [0.5, 0.6) is 0 Å². The Morgan fingerprint density at radius 1 is 1.06 bits per heavy atom. The molecule has 6 nitrogen and oxygen atoms in total. The Bertz CT molecular complexity index is 729. The molecule has 0 radical (unpaired) electrons. The summed E-state index contributed by atoms with van der Waals surface area (Å²) in [5.74, 6) is 2.85. The molecule has 182 valence electrons. The molecule has 6 heteroatoms. The maximum atomic E-state index is 11.8. The predicted octanol–water partition coefficient (Wildman–Crippen LogP) is 2.96. The predicted molar refractivity (Wildman–Crippen MR) is 125 cm³/mol. The van der Waals surface area contributed by atoms with Crippen molar-refractivity contribution in [3.8, 4) is 0 Å². The van der Waals surface area contributed by atoms with Crippen LogP contribution >= 0.6 is 0 Å². The largest absolute Gasteiger partial charge is 0.393 e. The number of hydrogen-bond acceptors (Lipinski definition) is 4. The molecule has 0 aliphatic heterocycles. The van der Waals surface area contributed by atoms with E-state index in [1.807, 2.05) is 0 Å². The molecule has 6 N–H and O–H groups in total. The summed E-state index contributed by atoms with van der Waals surface area (Å²) in [7, 11) is 0. The third kappa shape index (κ3) is 4.00. The first kappa shape index (κ1) is 24.0. The highest BCUT2D eigenvalue weighted by atomic mass is 16.3. The summed E-state index contributed by atoms with van der Waals surface area (Å²) >= 11 is 0. The highest BCUT2D eigenvalue weighted by Gasteiger charge is 2.62. The zero-order valence-corrected chi connectivity index (χ0v) is 20.3. The minimum atomic E-state index is -0.244. The Morgan fingerprint density at radius 3 is 2.44 bits per heavy atom. The molecule has 0 aromatic rings. The van der Waals surface area contributed by atoms with Gasteiger partial charge in [-0.15, -0.1) is 0 Å². The van der Waals surface area contributed by atoms with Crippen LogP contribution < -0.4 is 16.8 Å². The lowest BCUT2D eigenvalue weighted by Gasteiger charge is -2.62. The molecular weight excluding hydrogens is 402 g/mol. The van der Waals surface area contributed by atoms with Gasteiger partial charge in [-0.1, -0.05) is 20.8 Å². The Balaban J connectivity index is 1.50. The van der Waals surface area contributed by atoms with Gasteiger partial charge in [-0.05, 0) is 104 Å². The number of hydrogen-bond donors (Lipinski definition) is 4. The van der Waals surface area contributed by atoms with Crippen molar-refractivity contribution in [3.63, 3.8) is 0 Å². The van der Waals surface area contributed by atoms with Gasteiger partial charge >= 0.3 is 0 Å². The number of fused-ring (bicyclic) bond motifs is 5. The van der Waals surface area contributed by atoms with Gasteiger partial charge in [0.25, 0.3) is 0 Å². The molecule has 4 fully saturated rings. The van der Waals surface area contributed by atoms with E-state index in [2.05, 4.69) is 26.1 Å². The second kappa shape index (κ2) is 8.90. The highest BCUT2D eigenvalue weighted by Crippen LogP contribution is 2.68. The van der Waals surface area contributed by atoms with E-state index in [0.717, 1.165) is 32.1 Å². The van der Waals surface area contributed by atoms with E-state index in [0.29, 0.717) is 41.9 Å². The Hall–Kier alpha value is -1.14. The maximum absolute atomic E-state index is 11.8. The van der Waals surface area contributed by atoms with Crippen molar-refractivity contribution in [1.82, 2.24) is 5.32 Å². The fraction of sp³-hybridized carbons (Fsp3) is 0.923. The molecule has 0 heterocycles. The standard InChI is InChI=1S/C26H45N3O3/c1-15(4-7-22(28)31)18-5-6-19-24-20(9-11-26(18,19)3)25(2)10-8-17(29-23(32)14-27)12-16(25)13-21(24)30/h15-21,24,30H,4-14,27H2,1-3H3,(H2,28,31)(H,29,32)/t15-,16?,17?,18?,19?,20?,21-,24?,25-,26+/m0/s1. The van der Waals surface area contributed by atoms with Crippen LogP contribution in [-0.4, -0.2) is 35.6 Å². The first-order valence-corrected chi connectivity index (χ1v) is 13.1. The van der Waals surface area contributed by atoms with E-state index in [4.69, 9.17) is 11.5 Å². The SMILES string of the molecule is C[C@@H](CCC(N)=O)C1CCC2C3C(CC[C@@]21C)[C@@]1(C)CCC(NC(=O)CN)CC1C[C@@H]3O. The minimum Gasteiger partial charge on any atom is -0.393 e. The highest BCUT2D eigenvalue weighted by molar-refractivity contribution is 5.78. The second-order valence-electron chi connectivity index (χ2n) is 12.2. The number of nitrogens with two attached hydrogens (primary N) is 2. The summed E-state index contributed by atoms with van der Waals surface area (Å²) in [4.78, 5) is 23.2. The Kier molecular flexibility index (Phi) is 6.68. The Labute approximate surface area is 193 Å². The molecular formula is C26H45N3O3. The summed E-state index contributed by atoms with van der Waals surface area (Å²) < 4.78 is 0. The van der Waals surface area contributed by atoms with E-state index in [-0.39, 0.29) is 41.3 Å². The molecule has 10 atom stereocenters. The van der Waals surface area contributed by atoms with Crippen LogP contribution in [-0.2, 0) is 9.59 Å². The van der Waals surface area contributed by atoms with Gasteiger partial charge in [0.15, 0.2) is 0 Å². The first-order valence-electron chi connectivity index (χ1n) is 13.1. The number of rotatable bonds is 6. The lowest BCUT2D eigenvalue weighted by Crippen LogP contribution is -2.59. The molecule has 2 amide bonds. The van der Waals surface area contributed by atoms with Gasteiger partial charge in [0, 0.05) is 12.5 Å². The average molecular weight is 448 g/mol.